The van der Waals surface area contributed by atoms with Crippen LogP contribution in [0, 0.1) is 0 Å². The molecular weight excluding hydrogens is 1950 g/mol. The fraction of sp³-hybridized carbons (Fsp3) is 0.524. The van der Waals surface area contributed by atoms with Gasteiger partial charge in [0.15, 0.2) is 105 Å². The van der Waals surface area contributed by atoms with E-state index in [4.69, 9.17) is 122 Å². The summed E-state index contributed by atoms with van der Waals surface area (Å²) in [4.78, 5) is 169. The molecule has 10 fully saturated rings. The molecule has 24 N–H and O–H groups in total. The van der Waals surface area contributed by atoms with Gasteiger partial charge in [-0.25, -0.2) is 87.2 Å². The molecule has 0 radical (unpaired) electrons. The molecule has 10 saturated heterocycles. The number of H-pyrrole nitrogens is 3. The molecule has 10 aliphatic rings. The van der Waals surface area contributed by atoms with E-state index >= 15 is 0 Å². The summed E-state index contributed by atoms with van der Waals surface area (Å²) in [6.07, 6.45) is -21.4. The van der Waals surface area contributed by atoms with Crippen molar-refractivity contribution in [3.05, 3.63) is 88.0 Å². The van der Waals surface area contributed by atoms with Gasteiger partial charge < -0.3 is 112 Å². The minimum Gasteiger partial charge on any atom is -0.386 e. The van der Waals surface area contributed by atoms with Crippen LogP contribution in [0.15, 0.2) is 71.3 Å². The van der Waals surface area contributed by atoms with Crippen LogP contribution in [0.5, 0.6) is 0 Å². The Hall–Kier alpha value is -10.2. The lowest BCUT2D eigenvalue weighted by molar-refractivity contribution is -0.244. The second-order valence-corrected chi connectivity index (χ2v) is 40.2. The van der Waals surface area contributed by atoms with Crippen LogP contribution in [0.3, 0.4) is 0 Å². The summed E-state index contributed by atoms with van der Waals surface area (Å²) in [5.74, 6) is -0.526. The maximum absolute atomic E-state index is 13.4. The van der Waals surface area contributed by atoms with E-state index in [-0.39, 0.29) is 122 Å². The predicted molar refractivity (Wildman–Crippen MR) is 439 cm³/mol. The summed E-state index contributed by atoms with van der Waals surface area (Å²) in [7, 11) is -29.9. The van der Waals surface area contributed by atoms with E-state index in [0.717, 1.165) is 6.33 Å². The van der Waals surface area contributed by atoms with Crippen molar-refractivity contribution < 1.29 is 160 Å². The predicted octanol–water partition coefficient (Wildman–Crippen LogP) is -3.78. The van der Waals surface area contributed by atoms with Gasteiger partial charge in [0.25, 0.3) is 16.7 Å². The fourth-order valence-electron chi connectivity index (χ4n) is 17.1. The number of aliphatic hydroxyl groups is 3. The van der Waals surface area contributed by atoms with Gasteiger partial charge in [0, 0.05) is 12.8 Å². The lowest BCUT2D eigenvalue weighted by atomic mass is 9.91. The number of nitrogen functional groups attached to an aromatic ring is 6. The molecule has 0 aliphatic carbocycles. The summed E-state index contributed by atoms with van der Waals surface area (Å²) < 4.78 is 193. The number of nitrogens with one attached hydrogen (secondary N) is 3. The first-order valence-electron chi connectivity index (χ1n) is 40.0. The van der Waals surface area contributed by atoms with Crippen molar-refractivity contribution in [1.82, 2.24) is 117 Å². The summed E-state index contributed by atoms with van der Waals surface area (Å²) in [6, 6.07) is 0. The third-order valence-corrected chi connectivity index (χ3v) is 29.2. The number of rotatable bonds is 6. The number of nitrogens with zero attached hydrogens (tertiary/aromatic N) is 21. The minimum absolute atomic E-state index is 0.0166. The normalized spacial score (nSPS) is 38.4. The van der Waals surface area contributed by atoms with E-state index in [1.807, 2.05) is 0 Å². The Kier molecular flexibility index (Phi) is 23.8. The molecular formula is C63H76N30O37P6. The molecule has 22 rings (SSSR count). The lowest BCUT2D eigenvalue weighted by Crippen LogP contribution is -2.61. The zero-order chi connectivity index (χ0) is 95.8. The van der Waals surface area contributed by atoms with Gasteiger partial charge in [-0.05, 0) is 13.8 Å². The molecule has 6 bridgehead atoms. The van der Waals surface area contributed by atoms with Crippen LogP contribution >= 0.6 is 46.9 Å². The van der Waals surface area contributed by atoms with E-state index in [1.54, 1.807) is 0 Å². The Labute approximate surface area is 751 Å². The largest absolute Gasteiger partial charge is 0.472 e. The van der Waals surface area contributed by atoms with Crippen molar-refractivity contribution >= 4 is 149 Å². The zero-order valence-electron chi connectivity index (χ0n) is 68.9. The number of ether oxygens (including phenoxy) is 7. The molecule has 10 aliphatic heterocycles. The monoisotopic (exact) mass is 2030 g/mol. The number of hydrogen-bond donors (Lipinski definition) is 18. The average Bonchev–Trinajstić information content (AvgIpc) is 1.57. The van der Waals surface area contributed by atoms with Crippen molar-refractivity contribution in [3.8, 4) is 0 Å². The van der Waals surface area contributed by atoms with Crippen molar-refractivity contribution in [3.63, 3.8) is 0 Å². The topological polar surface area (TPSA) is 937 Å². The van der Waals surface area contributed by atoms with Crippen molar-refractivity contribution in [2.75, 3.05) is 67.4 Å². The average molecular weight is 2030 g/mol. The minimum atomic E-state index is -5.03. The van der Waals surface area contributed by atoms with Gasteiger partial charge in [-0.15, -0.1) is 0 Å². The maximum Gasteiger partial charge on any atom is 0.472 e. The molecule has 8 unspecified atom stereocenters. The van der Waals surface area contributed by atoms with Gasteiger partial charge in [-0.3, -0.25) is 111 Å². The van der Waals surface area contributed by atoms with Gasteiger partial charge in [0.1, 0.15) is 120 Å². The van der Waals surface area contributed by atoms with Crippen LogP contribution in [-0.4, -0.2) is 304 Å². The molecule has 0 spiro atoms. The number of imidazole rings is 6. The zero-order valence-corrected chi connectivity index (χ0v) is 74.3. The highest BCUT2D eigenvalue weighted by Crippen LogP contribution is 2.61. The van der Waals surface area contributed by atoms with Crippen molar-refractivity contribution in [2.45, 2.75) is 173 Å². The molecule has 0 aromatic carbocycles. The molecule has 30 atom stereocenters. The summed E-state index contributed by atoms with van der Waals surface area (Å²) in [6.45, 7) is -0.117. The molecule has 0 saturated carbocycles. The number of phosphoric ester groups is 6. The standard InChI is InChI=1S/C21H24N10O13P2.2C21H26N10O12P2/c22-14-8-15(25-4-24-14)30(5-26-8)18-10(32)11-7(41-18)1-39-45(34,35)44-12-13-21(2-38-13,3-40-46(36,37)43-11)42-19(12)31-6-27-9-16(31)28-20(23)29-17(9)33;2*1-7-13-14(12(32)20(40-13)30-5-26-10-15(22)24-4-25-16(10)30)43-44(34,35)38-3-8-2-9(42-45(36,37)41-7)19(39-8)31-6-27-11-17(31)28-21(23)29-18(11)33/h4-7,10-13,18-19,32H,1-3H2,(H,34,35)(H,36,37)(H2,22,24,25)(H3,23,28,29,33);2*4-9,12-14,19-20,32H,2-3H2,1H3,(H,34,35)(H,36,37)(H2,22,24,25)(H3,23,28,29,33)/t7-,10?,11+,12?,13-,18-,19-,21-;7-,8+,9-,12-,13-,14+,19-,20-;7-,8-,9+,12+,13-,14-,19+,20+/m110/s1. The van der Waals surface area contributed by atoms with Crippen LogP contribution in [0.2, 0.25) is 0 Å². The number of aromatic amines is 3. The van der Waals surface area contributed by atoms with Gasteiger partial charge in [-0.1, -0.05) is 0 Å². The first-order chi connectivity index (χ1) is 64.4. The summed E-state index contributed by atoms with van der Waals surface area (Å²) in [5.41, 5.74) is 31.9. The molecule has 136 heavy (non-hydrogen) atoms. The van der Waals surface area contributed by atoms with E-state index in [1.165, 1.54) is 91.9 Å². The van der Waals surface area contributed by atoms with Crippen LogP contribution in [0.4, 0.5) is 35.3 Å². The van der Waals surface area contributed by atoms with Crippen LogP contribution in [-0.2, 0) is 115 Å². The van der Waals surface area contributed by atoms with Gasteiger partial charge in [0.2, 0.25) is 17.8 Å². The number of phosphoric acid groups is 6. The van der Waals surface area contributed by atoms with Crippen LogP contribution in [0.25, 0.3) is 67.0 Å². The van der Waals surface area contributed by atoms with E-state index in [0.29, 0.717) is 0 Å². The maximum atomic E-state index is 13.4. The van der Waals surface area contributed by atoms with Gasteiger partial charge >= 0.3 is 46.9 Å². The Balaban J connectivity index is 0.000000126. The van der Waals surface area contributed by atoms with Gasteiger partial charge in [0.05, 0.1) is 95.4 Å². The Morgan fingerprint density at radius 3 is 1.08 bits per heavy atom. The number of nitrogens with two attached hydrogens (primary N) is 6. The number of hydrogen-bond acceptors (Lipinski definition) is 52. The van der Waals surface area contributed by atoms with Gasteiger partial charge in [-0.2, -0.15) is 15.0 Å². The molecule has 12 aromatic rings. The molecule has 730 valence electrons. The third kappa shape index (κ3) is 17.4. The van der Waals surface area contributed by atoms with Crippen LogP contribution < -0.4 is 51.1 Å². The molecule has 73 heteroatoms. The highest BCUT2D eigenvalue weighted by molar-refractivity contribution is 7.48. The van der Waals surface area contributed by atoms with E-state index in [2.05, 4.69) is 89.7 Å². The summed E-state index contributed by atoms with van der Waals surface area (Å²) >= 11 is 0. The number of aliphatic hydroxyl groups excluding tert-OH is 3. The smallest absolute Gasteiger partial charge is 0.386 e. The van der Waals surface area contributed by atoms with E-state index < -0.39 is 237 Å². The highest BCUT2D eigenvalue weighted by atomic mass is 31.2. The second-order valence-electron chi connectivity index (χ2n) is 31.8. The number of anilines is 6. The number of aromatic nitrogens is 24. The van der Waals surface area contributed by atoms with Crippen molar-refractivity contribution in [2.24, 2.45) is 0 Å². The molecule has 22 heterocycles. The molecule has 12 aromatic heterocycles. The Bertz CT molecular complexity index is 6940. The first-order valence-corrected chi connectivity index (χ1v) is 49.0. The number of fused-ring (bicyclic) bond motifs is 13. The van der Waals surface area contributed by atoms with Crippen LogP contribution in [0.1, 0.15) is 64.1 Å². The Morgan fingerprint density at radius 1 is 0.353 bits per heavy atom. The fourth-order valence-corrected chi connectivity index (χ4v) is 23.2. The second kappa shape index (κ2) is 34.7. The first kappa shape index (κ1) is 93.4. The highest BCUT2D eigenvalue weighted by Gasteiger charge is 2.67. The summed E-state index contributed by atoms with van der Waals surface area (Å²) in [5, 5.41) is 33.7. The SMILES string of the molecule is C[C@@H]1OP(=O)(O)O[C@@H]2C[C@@H](COP(=O)(O)O[C@H]3[C@@H](O)[C@H](n4cnc5c(N)ncnc54)O[C@H]31)O[C@H]2n1cnc2c(=O)[nH]c(N)nc21.C[C@H]1OP(=O)(O)O[C@@H]2C[C@@H](COP(=O)(O)O[C@H]3[C@@H](O)[C@H](n4cnc5c(N)ncnc54)O[C@@H]31)O[C@H]2n1cnc2c(=O)[nH]c(N)nc21.Nc1nc2c(ncn2[C@@H]2O[C@@]34CO[C@@H]3C2OP(=O)(O)OC[C@H]2O[C@@H](n3cnc5c(N)ncnc53)C(O)[C@H]2OP(=O)(O)OC4)c(=O)[nH]1. The Morgan fingerprint density at radius 2 is 0.691 bits per heavy atom. The van der Waals surface area contributed by atoms with E-state index in [9.17, 15) is 86.5 Å². The van der Waals surface area contributed by atoms with Crippen molar-refractivity contribution in [1.29, 1.82) is 0 Å². The molecule has 67 nitrogen and oxygen atoms in total. The quantitative estimate of drug-likeness (QED) is 0.0711. The third-order valence-electron chi connectivity index (χ3n) is 23.0. The lowest BCUT2D eigenvalue weighted by Gasteiger charge is -2.43. The molecule has 0 amide bonds.